The zero-order valence-corrected chi connectivity index (χ0v) is 13.8. The molecule has 0 unspecified atom stereocenters. The van der Waals surface area contributed by atoms with E-state index in [1.807, 2.05) is 15.7 Å². The lowest BCUT2D eigenvalue weighted by atomic mass is 10.2. The van der Waals surface area contributed by atoms with Crippen LogP contribution < -0.4 is 4.90 Å². The molecule has 6 heteroatoms. The van der Waals surface area contributed by atoms with Crippen LogP contribution in [-0.4, -0.2) is 46.5 Å². The highest BCUT2D eigenvalue weighted by Gasteiger charge is 2.19. The van der Waals surface area contributed by atoms with E-state index in [0.717, 1.165) is 51.3 Å². The molecule has 3 rings (SSSR count). The highest BCUT2D eigenvalue weighted by atomic mass is 19.1. The maximum absolute atomic E-state index is 13.0. The van der Waals surface area contributed by atoms with Crippen LogP contribution in [0.1, 0.15) is 19.3 Å². The molecule has 24 heavy (non-hydrogen) atoms. The summed E-state index contributed by atoms with van der Waals surface area (Å²) in [5, 5.41) is 0. The second-order valence-electron chi connectivity index (χ2n) is 6.10. The molecule has 0 N–H and O–H groups in total. The van der Waals surface area contributed by atoms with Crippen molar-refractivity contribution in [2.24, 2.45) is 0 Å². The number of nitrogens with zero attached hydrogens (tertiary/aromatic N) is 4. The van der Waals surface area contributed by atoms with Crippen LogP contribution in [0.3, 0.4) is 0 Å². The van der Waals surface area contributed by atoms with E-state index >= 15 is 0 Å². The first-order chi connectivity index (χ1) is 11.7. The number of halogens is 1. The standard InChI is InChI=1S/C18H23FN4O/c19-16-4-6-17(7-5-16)22-10-2-11-23(14-13-22)18(24)3-1-9-21-12-8-20-15-21/h4-8,12,15H,1-3,9-11,13-14H2. The van der Waals surface area contributed by atoms with E-state index < -0.39 is 0 Å². The molecule has 1 saturated heterocycles. The molecule has 1 aromatic heterocycles. The first kappa shape index (κ1) is 16.5. The molecule has 1 aromatic carbocycles. The molecule has 2 heterocycles. The Labute approximate surface area is 141 Å². The fourth-order valence-electron chi connectivity index (χ4n) is 3.07. The van der Waals surface area contributed by atoms with Crippen molar-refractivity contribution in [2.75, 3.05) is 31.1 Å². The van der Waals surface area contributed by atoms with Crippen LogP contribution in [0.25, 0.3) is 0 Å². The van der Waals surface area contributed by atoms with Crippen LogP contribution in [-0.2, 0) is 11.3 Å². The van der Waals surface area contributed by atoms with E-state index in [-0.39, 0.29) is 11.7 Å². The van der Waals surface area contributed by atoms with Gasteiger partial charge in [0.25, 0.3) is 0 Å². The summed E-state index contributed by atoms with van der Waals surface area (Å²) in [7, 11) is 0. The number of hydrogen-bond acceptors (Lipinski definition) is 3. The molecular weight excluding hydrogens is 307 g/mol. The fourth-order valence-corrected chi connectivity index (χ4v) is 3.07. The van der Waals surface area contributed by atoms with Gasteiger partial charge in [0.1, 0.15) is 5.82 Å². The predicted molar refractivity (Wildman–Crippen MR) is 91.3 cm³/mol. The number of carbonyl (C=O) groups is 1. The summed E-state index contributed by atoms with van der Waals surface area (Å²) in [5.74, 6) is -0.000611. The molecule has 1 aliphatic rings. The number of aryl methyl sites for hydroxylation is 1. The lowest BCUT2D eigenvalue weighted by Crippen LogP contribution is -2.35. The number of benzene rings is 1. The van der Waals surface area contributed by atoms with Gasteiger partial charge in [-0.3, -0.25) is 4.79 Å². The van der Waals surface area contributed by atoms with Gasteiger partial charge < -0.3 is 14.4 Å². The Kier molecular flexibility index (Phi) is 5.46. The van der Waals surface area contributed by atoms with Crippen molar-refractivity contribution in [3.05, 3.63) is 48.8 Å². The Morgan fingerprint density at radius 3 is 2.71 bits per heavy atom. The largest absolute Gasteiger partial charge is 0.370 e. The molecule has 128 valence electrons. The Morgan fingerprint density at radius 2 is 1.96 bits per heavy atom. The second kappa shape index (κ2) is 7.95. The van der Waals surface area contributed by atoms with Crippen LogP contribution >= 0.6 is 0 Å². The Morgan fingerprint density at radius 1 is 1.12 bits per heavy atom. The Bertz CT molecular complexity index is 642. The SMILES string of the molecule is O=C(CCCn1ccnc1)N1CCCN(c2ccc(F)cc2)CC1. The average Bonchev–Trinajstić information content (AvgIpc) is 2.98. The minimum absolute atomic E-state index is 0.219. The minimum atomic E-state index is -0.219. The van der Waals surface area contributed by atoms with Gasteiger partial charge in [0.05, 0.1) is 6.33 Å². The van der Waals surface area contributed by atoms with Gasteiger partial charge in [0.15, 0.2) is 0 Å². The molecule has 0 saturated carbocycles. The van der Waals surface area contributed by atoms with Crippen LogP contribution in [0, 0.1) is 5.82 Å². The van der Waals surface area contributed by atoms with Gasteiger partial charge in [0.2, 0.25) is 5.91 Å². The lowest BCUT2D eigenvalue weighted by molar-refractivity contribution is -0.131. The molecule has 0 radical (unpaired) electrons. The van der Waals surface area contributed by atoms with Crippen molar-refractivity contribution in [3.8, 4) is 0 Å². The molecule has 1 aliphatic heterocycles. The van der Waals surface area contributed by atoms with Crippen LogP contribution in [0.5, 0.6) is 0 Å². The molecule has 1 fully saturated rings. The quantitative estimate of drug-likeness (QED) is 0.846. The molecule has 0 bridgehead atoms. The average molecular weight is 330 g/mol. The summed E-state index contributed by atoms with van der Waals surface area (Å²) in [4.78, 5) is 20.6. The summed E-state index contributed by atoms with van der Waals surface area (Å²) in [6.07, 6.45) is 7.77. The van der Waals surface area contributed by atoms with E-state index in [1.165, 1.54) is 12.1 Å². The summed E-state index contributed by atoms with van der Waals surface area (Å²) in [6, 6.07) is 6.58. The summed E-state index contributed by atoms with van der Waals surface area (Å²) in [5.41, 5.74) is 1.02. The molecule has 1 amide bonds. The lowest BCUT2D eigenvalue weighted by Gasteiger charge is -2.23. The Balaban J connectivity index is 1.47. The van der Waals surface area contributed by atoms with Crippen molar-refractivity contribution in [1.29, 1.82) is 0 Å². The number of carbonyl (C=O) groups excluding carboxylic acids is 1. The highest BCUT2D eigenvalue weighted by molar-refractivity contribution is 5.76. The van der Waals surface area contributed by atoms with E-state index in [1.54, 1.807) is 24.7 Å². The maximum atomic E-state index is 13.0. The Hall–Kier alpha value is -2.37. The number of imidazole rings is 1. The minimum Gasteiger partial charge on any atom is -0.370 e. The van der Waals surface area contributed by atoms with Gasteiger partial charge in [-0.15, -0.1) is 0 Å². The van der Waals surface area contributed by atoms with Crippen LogP contribution in [0.15, 0.2) is 43.0 Å². The van der Waals surface area contributed by atoms with Gasteiger partial charge in [-0.1, -0.05) is 0 Å². The van der Waals surface area contributed by atoms with Gasteiger partial charge in [-0.25, -0.2) is 9.37 Å². The van der Waals surface area contributed by atoms with E-state index in [0.29, 0.717) is 6.42 Å². The molecular formula is C18H23FN4O. The number of anilines is 1. The van der Waals surface area contributed by atoms with Crippen LogP contribution in [0.4, 0.5) is 10.1 Å². The number of hydrogen-bond donors (Lipinski definition) is 0. The first-order valence-electron chi connectivity index (χ1n) is 8.46. The monoisotopic (exact) mass is 330 g/mol. The summed E-state index contributed by atoms with van der Waals surface area (Å²) in [6.45, 7) is 4.02. The van der Waals surface area contributed by atoms with Crippen LogP contribution in [0.2, 0.25) is 0 Å². The molecule has 0 atom stereocenters. The van der Waals surface area contributed by atoms with E-state index in [4.69, 9.17) is 0 Å². The zero-order valence-electron chi connectivity index (χ0n) is 13.8. The molecule has 2 aromatic rings. The van der Waals surface area contributed by atoms with Crippen molar-refractivity contribution in [1.82, 2.24) is 14.5 Å². The zero-order chi connectivity index (χ0) is 16.8. The fraction of sp³-hybridized carbons (Fsp3) is 0.444. The first-order valence-corrected chi connectivity index (χ1v) is 8.46. The van der Waals surface area contributed by atoms with Gasteiger partial charge in [0, 0.05) is 57.2 Å². The highest BCUT2D eigenvalue weighted by Crippen LogP contribution is 2.17. The van der Waals surface area contributed by atoms with Crippen molar-refractivity contribution >= 4 is 11.6 Å². The molecule has 0 aliphatic carbocycles. The normalized spacial score (nSPS) is 15.4. The van der Waals surface area contributed by atoms with Gasteiger partial charge in [-0.05, 0) is 37.1 Å². The summed E-state index contributed by atoms with van der Waals surface area (Å²) < 4.78 is 15.0. The third-order valence-corrected chi connectivity index (χ3v) is 4.41. The third kappa shape index (κ3) is 4.34. The van der Waals surface area contributed by atoms with Crippen molar-refractivity contribution in [2.45, 2.75) is 25.8 Å². The number of amides is 1. The number of aromatic nitrogens is 2. The van der Waals surface area contributed by atoms with Crippen molar-refractivity contribution in [3.63, 3.8) is 0 Å². The third-order valence-electron chi connectivity index (χ3n) is 4.41. The predicted octanol–water partition coefficient (Wildman–Crippen LogP) is 2.54. The topological polar surface area (TPSA) is 41.4 Å². The number of rotatable bonds is 5. The molecule has 5 nitrogen and oxygen atoms in total. The molecule has 0 spiro atoms. The van der Waals surface area contributed by atoms with Gasteiger partial charge in [-0.2, -0.15) is 0 Å². The van der Waals surface area contributed by atoms with E-state index in [9.17, 15) is 9.18 Å². The smallest absolute Gasteiger partial charge is 0.222 e. The summed E-state index contributed by atoms with van der Waals surface area (Å²) >= 11 is 0. The van der Waals surface area contributed by atoms with Gasteiger partial charge >= 0.3 is 0 Å². The van der Waals surface area contributed by atoms with E-state index in [2.05, 4.69) is 9.88 Å². The van der Waals surface area contributed by atoms with Crippen molar-refractivity contribution < 1.29 is 9.18 Å². The second-order valence-corrected chi connectivity index (χ2v) is 6.10. The maximum Gasteiger partial charge on any atom is 0.222 e.